The van der Waals surface area contributed by atoms with Gasteiger partial charge in [0.2, 0.25) is 0 Å². The standard InChI is InChI=1S/C25H20N8O2/c34-24(19-4-6-22(28-14-19)32-10-8-26-16-32)30-13-18-2-1-3-21(12-18)31-25(35)20-5-7-23(29-15-20)33-11-9-27-17-33/h1-12,14-17H,13H2,(H,30,34)(H,31,35). The van der Waals surface area contributed by atoms with E-state index in [0.717, 1.165) is 5.56 Å². The SMILES string of the molecule is O=C(NCc1cccc(NC(=O)c2ccc(-n3ccnc3)nc2)c1)c1ccc(-n2ccnc2)nc1. The van der Waals surface area contributed by atoms with Crippen molar-refractivity contribution in [3.05, 3.63) is 115 Å². The molecule has 4 heterocycles. The average molecular weight is 464 g/mol. The van der Waals surface area contributed by atoms with Crippen LogP contribution in [0, 0.1) is 0 Å². The van der Waals surface area contributed by atoms with Gasteiger partial charge in [-0.15, -0.1) is 0 Å². The zero-order valence-electron chi connectivity index (χ0n) is 18.4. The Morgan fingerprint density at radius 2 is 1.40 bits per heavy atom. The summed E-state index contributed by atoms with van der Waals surface area (Å²) in [6.07, 6.45) is 13.2. The minimum Gasteiger partial charge on any atom is -0.348 e. The van der Waals surface area contributed by atoms with Crippen LogP contribution < -0.4 is 10.6 Å². The first-order valence-corrected chi connectivity index (χ1v) is 10.7. The summed E-state index contributed by atoms with van der Waals surface area (Å²) in [5.74, 6) is 0.825. The van der Waals surface area contributed by atoms with E-state index in [2.05, 4.69) is 30.6 Å². The number of hydrogen-bond donors (Lipinski definition) is 2. The van der Waals surface area contributed by atoms with Gasteiger partial charge in [-0.1, -0.05) is 12.1 Å². The second kappa shape index (κ2) is 9.79. The van der Waals surface area contributed by atoms with Gasteiger partial charge in [0.1, 0.15) is 24.3 Å². The molecule has 0 aliphatic rings. The maximum absolute atomic E-state index is 12.6. The Bertz CT molecular complexity index is 1430. The van der Waals surface area contributed by atoms with Gasteiger partial charge in [-0.2, -0.15) is 0 Å². The molecule has 0 radical (unpaired) electrons. The van der Waals surface area contributed by atoms with E-state index < -0.39 is 0 Å². The minimum atomic E-state index is -0.278. The predicted molar refractivity (Wildman–Crippen MR) is 128 cm³/mol. The van der Waals surface area contributed by atoms with E-state index in [0.29, 0.717) is 35.0 Å². The Morgan fingerprint density at radius 3 is 1.94 bits per heavy atom. The van der Waals surface area contributed by atoms with Crippen LogP contribution in [0.25, 0.3) is 11.6 Å². The highest BCUT2D eigenvalue weighted by atomic mass is 16.2. The Hall–Kier alpha value is -5.12. The van der Waals surface area contributed by atoms with Gasteiger partial charge >= 0.3 is 0 Å². The van der Waals surface area contributed by atoms with Crippen LogP contribution in [-0.2, 0) is 6.54 Å². The molecule has 10 heteroatoms. The number of benzene rings is 1. The lowest BCUT2D eigenvalue weighted by Gasteiger charge is -2.09. The number of amides is 2. The van der Waals surface area contributed by atoms with Gasteiger partial charge in [-0.3, -0.25) is 18.7 Å². The van der Waals surface area contributed by atoms with Crippen molar-refractivity contribution >= 4 is 17.5 Å². The van der Waals surface area contributed by atoms with E-state index in [4.69, 9.17) is 0 Å². The summed E-state index contributed by atoms with van der Waals surface area (Å²) < 4.78 is 3.51. The van der Waals surface area contributed by atoms with E-state index in [1.807, 2.05) is 18.2 Å². The molecule has 0 saturated heterocycles. The summed E-state index contributed by atoms with van der Waals surface area (Å²) in [6, 6.07) is 14.2. The molecule has 0 unspecified atom stereocenters. The number of aromatic nitrogens is 6. The quantitative estimate of drug-likeness (QED) is 0.382. The van der Waals surface area contributed by atoms with Crippen molar-refractivity contribution in [1.82, 2.24) is 34.4 Å². The lowest BCUT2D eigenvalue weighted by Crippen LogP contribution is -2.23. The number of rotatable bonds is 7. The molecule has 0 fully saturated rings. The Morgan fingerprint density at radius 1 is 0.771 bits per heavy atom. The summed E-state index contributed by atoms with van der Waals surface area (Å²) in [6.45, 7) is 0.299. The third kappa shape index (κ3) is 5.11. The molecule has 5 rings (SSSR count). The number of carbonyl (C=O) groups excluding carboxylic acids is 2. The summed E-state index contributed by atoms with van der Waals surface area (Å²) in [5.41, 5.74) is 2.34. The second-order valence-corrected chi connectivity index (χ2v) is 7.59. The number of carbonyl (C=O) groups is 2. The molecule has 1 aromatic carbocycles. The molecule has 0 aliphatic carbocycles. The van der Waals surface area contributed by atoms with Crippen LogP contribution in [0.2, 0.25) is 0 Å². The van der Waals surface area contributed by atoms with Gasteiger partial charge in [0.05, 0.1) is 11.1 Å². The van der Waals surface area contributed by atoms with Gasteiger partial charge < -0.3 is 10.6 Å². The molecule has 35 heavy (non-hydrogen) atoms. The smallest absolute Gasteiger partial charge is 0.257 e. The van der Waals surface area contributed by atoms with E-state index in [1.165, 1.54) is 12.4 Å². The van der Waals surface area contributed by atoms with Gasteiger partial charge in [0.25, 0.3) is 11.8 Å². The van der Waals surface area contributed by atoms with Crippen LogP contribution in [0.4, 0.5) is 5.69 Å². The molecule has 172 valence electrons. The molecule has 2 N–H and O–H groups in total. The summed E-state index contributed by atoms with van der Waals surface area (Å²) >= 11 is 0. The van der Waals surface area contributed by atoms with Crippen molar-refractivity contribution in [2.45, 2.75) is 6.54 Å². The Balaban J connectivity index is 1.18. The molecular formula is C25H20N8O2. The predicted octanol–water partition coefficient (Wildman–Crippen LogP) is 3.03. The summed E-state index contributed by atoms with van der Waals surface area (Å²) in [7, 11) is 0. The van der Waals surface area contributed by atoms with Crippen molar-refractivity contribution in [2.75, 3.05) is 5.32 Å². The molecule has 5 aromatic rings. The molecule has 0 bridgehead atoms. The largest absolute Gasteiger partial charge is 0.348 e. The number of imidazole rings is 2. The molecular weight excluding hydrogens is 444 g/mol. The van der Waals surface area contributed by atoms with Crippen molar-refractivity contribution in [3.8, 4) is 11.6 Å². The van der Waals surface area contributed by atoms with Crippen molar-refractivity contribution in [2.24, 2.45) is 0 Å². The zero-order valence-corrected chi connectivity index (χ0v) is 18.4. The number of pyridine rings is 2. The van der Waals surface area contributed by atoms with Crippen molar-refractivity contribution in [3.63, 3.8) is 0 Å². The van der Waals surface area contributed by atoms with E-state index >= 15 is 0 Å². The molecule has 0 spiro atoms. The van der Waals surface area contributed by atoms with E-state index in [1.54, 1.807) is 76.9 Å². The lowest BCUT2D eigenvalue weighted by molar-refractivity contribution is 0.0949. The van der Waals surface area contributed by atoms with Crippen molar-refractivity contribution < 1.29 is 9.59 Å². The number of nitrogens with one attached hydrogen (secondary N) is 2. The fourth-order valence-electron chi connectivity index (χ4n) is 3.38. The topological polar surface area (TPSA) is 120 Å². The number of anilines is 1. The van der Waals surface area contributed by atoms with E-state index in [-0.39, 0.29) is 11.8 Å². The highest BCUT2D eigenvalue weighted by Gasteiger charge is 2.10. The summed E-state index contributed by atoms with van der Waals surface area (Å²) in [4.78, 5) is 41.7. The molecule has 0 saturated carbocycles. The van der Waals surface area contributed by atoms with Crippen LogP contribution in [0.1, 0.15) is 26.3 Å². The molecule has 0 aliphatic heterocycles. The molecule has 4 aromatic heterocycles. The highest BCUT2D eigenvalue weighted by molar-refractivity contribution is 6.04. The highest BCUT2D eigenvalue weighted by Crippen LogP contribution is 2.14. The normalized spacial score (nSPS) is 10.6. The summed E-state index contributed by atoms with van der Waals surface area (Å²) in [5, 5.41) is 5.74. The fourth-order valence-corrected chi connectivity index (χ4v) is 3.38. The first-order chi connectivity index (χ1) is 17.2. The molecule has 2 amide bonds. The monoisotopic (exact) mass is 464 g/mol. The van der Waals surface area contributed by atoms with Crippen LogP contribution in [-0.4, -0.2) is 40.9 Å². The molecule has 0 atom stereocenters. The maximum atomic E-state index is 12.6. The first kappa shape index (κ1) is 21.7. The van der Waals surface area contributed by atoms with E-state index in [9.17, 15) is 9.59 Å². The fraction of sp³-hybridized carbons (Fsp3) is 0.0400. The average Bonchev–Trinajstić information content (AvgIpc) is 3.63. The number of nitrogens with zero attached hydrogens (tertiary/aromatic N) is 6. The van der Waals surface area contributed by atoms with Crippen LogP contribution >= 0.6 is 0 Å². The van der Waals surface area contributed by atoms with Crippen LogP contribution in [0.15, 0.2) is 98.4 Å². The molecule has 10 nitrogen and oxygen atoms in total. The Labute approximate surface area is 200 Å². The van der Waals surface area contributed by atoms with Crippen LogP contribution in [0.5, 0.6) is 0 Å². The number of hydrogen-bond acceptors (Lipinski definition) is 6. The van der Waals surface area contributed by atoms with Gasteiger partial charge in [0.15, 0.2) is 0 Å². The first-order valence-electron chi connectivity index (χ1n) is 10.7. The second-order valence-electron chi connectivity index (χ2n) is 7.59. The maximum Gasteiger partial charge on any atom is 0.257 e. The van der Waals surface area contributed by atoms with Gasteiger partial charge in [-0.25, -0.2) is 19.9 Å². The third-order valence-electron chi connectivity index (χ3n) is 5.20. The zero-order chi connectivity index (χ0) is 24.0. The van der Waals surface area contributed by atoms with Gasteiger partial charge in [-0.05, 0) is 42.0 Å². The van der Waals surface area contributed by atoms with Crippen LogP contribution in [0.3, 0.4) is 0 Å². The lowest BCUT2D eigenvalue weighted by atomic mass is 10.1. The van der Waals surface area contributed by atoms with Gasteiger partial charge in [0, 0.05) is 49.4 Å². The third-order valence-corrected chi connectivity index (χ3v) is 5.20. The van der Waals surface area contributed by atoms with Crippen molar-refractivity contribution in [1.29, 1.82) is 0 Å². The minimum absolute atomic E-state index is 0.242. The Kier molecular flexibility index (Phi) is 6.07.